The summed E-state index contributed by atoms with van der Waals surface area (Å²) in [4.78, 5) is 14.1. The van der Waals surface area contributed by atoms with Gasteiger partial charge in [0.1, 0.15) is 6.04 Å². The summed E-state index contributed by atoms with van der Waals surface area (Å²) in [5, 5.41) is 3.23. The molecule has 1 aromatic rings. The second-order valence-electron chi connectivity index (χ2n) is 5.00. The first-order valence-electron chi connectivity index (χ1n) is 6.82. The van der Waals surface area contributed by atoms with Gasteiger partial charge in [-0.1, -0.05) is 30.3 Å². The highest BCUT2D eigenvalue weighted by Gasteiger charge is 2.30. The first-order valence-corrected chi connectivity index (χ1v) is 6.82. The van der Waals surface area contributed by atoms with E-state index in [2.05, 4.69) is 17.4 Å². The summed E-state index contributed by atoms with van der Waals surface area (Å²) >= 11 is 0. The van der Waals surface area contributed by atoms with E-state index in [1.807, 2.05) is 32.2 Å². The van der Waals surface area contributed by atoms with Crippen LogP contribution in [0.2, 0.25) is 0 Å². The summed E-state index contributed by atoms with van der Waals surface area (Å²) in [5.41, 5.74) is 1.25. The predicted octanol–water partition coefficient (Wildman–Crippen LogP) is 1.06. The summed E-state index contributed by atoms with van der Waals surface area (Å²) in [5.74, 6) is 0.114. The number of benzene rings is 1. The van der Waals surface area contributed by atoms with Crippen molar-refractivity contribution in [3.8, 4) is 0 Å². The highest BCUT2D eigenvalue weighted by molar-refractivity contribution is 5.82. The summed E-state index contributed by atoms with van der Waals surface area (Å²) in [6.45, 7) is 4.10. The summed E-state index contributed by atoms with van der Waals surface area (Å²) in [6, 6.07) is 10.0. The normalized spacial score (nSPS) is 23.1. The van der Waals surface area contributed by atoms with Gasteiger partial charge in [0, 0.05) is 20.1 Å². The minimum Gasteiger partial charge on any atom is -0.375 e. The topological polar surface area (TPSA) is 41.6 Å². The Morgan fingerprint density at radius 2 is 2.16 bits per heavy atom. The molecule has 0 spiro atoms. The second-order valence-corrected chi connectivity index (χ2v) is 5.00. The lowest BCUT2D eigenvalue weighted by Gasteiger charge is -2.32. The number of morpholine rings is 1. The molecule has 1 aliphatic rings. The number of hydrogen-bond donors (Lipinski definition) is 1. The van der Waals surface area contributed by atoms with Gasteiger partial charge in [0.05, 0.1) is 12.7 Å². The van der Waals surface area contributed by atoms with Crippen molar-refractivity contribution < 1.29 is 9.53 Å². The van der Waals surface area contributed by atoms with E-state index >= 15 is 0 Å². The Balaban J connectivity index is 1.85. The molecule has 19 heavy (non-hydrogen) atoms. The van der Waals surface area contributed by atoms with Crippen LogP contribution in [0.4, 0.5) is 0 Å². The Hall–Kier alpha value is -1.39. The van der Waals surface area contributed by atoms with Crippen LogP contribution in [0.3, 0.4) is 0 Å². The van der Waals surface area contributed by atoms with Gasteiger partial charge in [0.15, 0.2) is 0 Å². The Labute approximate surface area is 114 Å². The fourth-order valence-corrected chi connectivity index (χ4v) is 2.30. The van der Waals surface area contributed by atoms with Gasteiger partial charge in [0.25, 0.3) is 0 Å². The molecule has 1 aromatic carbocycles. The number of carbonyl (C=O) groups excluding carboxylic acids is 1. The highest BCUT2D eigenvalue weighted by Crippen LogP contribution is 2.08. The Morgan fingerprint density at radius 1 is 1.42 bits per heavy atom. The molecule has 1 aliphatic heterocycles. The molecule has 1 fully saturated rings. The van der Waals surface area contributed by atoms with Crippen molar-refractivity contribution in [3.05, 3.63) is 35.9 Å². The van der Waals surface area contributed by atoms with E-state index in [1.165, 1.54) is 5.56 Å². The van der Waals surface area contributed by atoms with Gasteiger partial charge in [-0.15, -0.1) is 0 Å². The van der Waals surface area contributed by atoms with Gasteiger partial charge in [-0.25, -0.2) is 0 Å². The molecule has 0 unspecified atom stereocenters. The number of nitrogens with zero attached hydrogens (tertiary/aromatic N) is 1. The van der Waals surface area contributed by atoms with Crippen molar-refractivity contribution in [2.45, 2.75) is 25.5 Å². The number of likely N-dealkylation sites (N-methyl/N-ethyl adjacent to an activating group) is 1. The van der Waals surface area contributed by atoms with E-state index in [4.69, 9.17) is 4.74 Å². The van der Waals surface area contributed by atoms with Crippen LogP contribution in [0.5, 0.6) is 0 Å². The van der Waals surface area contributed by atoms with Crippen LogP contribution in [-0.4, -0.2) is 49.7 Å². The zero-order valence-electron chi connectivity index (χ0n) is 11.6. The Bertz CT molecular complexity index is 408. The lowest BCUT2D eigenvalue weighted by atomic mass is 10.1. The van der Waals surface area contributed by atoms with Gasteiger partial charge >= 0.3 is 0 Å². The summed E-state index contributed by atoms with van der Waals surface area (Å²) < 4.78 is 5.51. The molecule has 0 aliphatic carbocycles. The largest absolute Gasteiger partial charge is 0.375 e. The molecule has 2 atom stereocenters. The lowest BCUT2D eigenvalue weighted by Crippen LogP contribution is -2.55. The van der Waals surface area contributed by atoms with Crippen LogP contribution in [0.25, 0.3) is 0 Å². The summed E-state index contributed by atoms with van der Waals surface area (Å²) in [7, 11) is 1.86. The predicted molar refractivity (Wildman–Crippen MR) is 75.0 cm³/mol. The number of hydrogen-bond acceptors (Lipinski definition) is 3. The van der Waals surface area contributed by atoms with Gasteiger partial charge in [-0.05, 0) is 18.9 Å². The van der Waals surface area contributed by atoms with Crippen molar-refractivity contribution in [2.24, 2.45) is 0 Å². The first kappa shape index (κ1) is 14.0. The standard InChI is InChI=1S/C15H22N2O2/c1-12-14(16-9-11-19-12)15(18)17(2)10-8-13-6-4-3-5-7-13/h3-7,12,14,16H,8-11H2,1-2H3/t12-,14+/m1/s1. The minimum absolute atomic E-state index is 0.0552. The number of ether oxygens (including phenoxy) is 1. The number of carbonyl (C=O) groups is 1. The van der Waals surface area contributed by atoms with E-state index < -0.39 is 0 Å². The van der Waals surface area contributed by atoms with E-state index in [0.29, 0.717) is 6.61 Å². The second kappa shape index (κ2) is 6.68. The molecule has 4 heteroatoms. The molecule has 2 rings (SSSR count). The molecule has 1 N–H and O–H groups in total. The number of rotatable bonds is 4. The molecule has 1 amide bonds. The van der Waals surface area contributed by atoms with Gasteiger partial charge in [0.2, 0.25) is 5.91 Å². The molecule has 0 saturated carbocycles. The summed E-state index contributed by atoms with van der Waals surface area (Å²) in [6.07, 6.45) is 0.825. The molecule has 0 bridgehead atoms. The fraction of sp³-hybridized carbons (Fsp3) is 0.533. The maximum atomic E-state index is 12.3. The van der Waals surface area contributed by atoms with Crippen LogP contribution >= 0.6 is 0 Å². The molecule has 1 heterocycles. The lowest BCUT2D eigenvalue weighted by molar-refractivity contribution is -0.138. The van der Waals surface area contributed by atoms with E-state index in [1.54, 1.807) is 4.90 Å². The highest BCUT2D eigenvalue weighted by atomic mass is 16.5. The van der Waals surface area contributed by atoms with Crippen molar-refractivity contribution in [1.82, 2.24) is 10.2 Å². The van der Waals surface area contributed by atoms with E-state index in [9.17, 15) is 4.79 Å². The van der Waals surface area contributed by atoms with Crippen molar-refractivity contribution in [3.63, 3.8) is 0 Å². The maximum absolute atomic E-state index is 12.3. The average Bonchev–Trinajstić information content (AvgIpc) is 2.45. The van der Waals surface area contributed by atoms with Crippen LogP contribution in [-0.2, 0) is 16.0 Å². The van der Waals surface area contributed by atoms with E-state index in [-0.39, 0.29) is 18.1 Å². The maximum Gasteiger partial charge on any atom is 0.242 e. The Morgan fingerprint density at radius 3 is 2.84 bits per heavy atom. The van der Waals surface area contributed by atoms with Crippen molar-refractivity contribution in [1.29, 1.82) is 0 Å². The third-order valence-electron chi connectivity index (χ3n) is 3.54. The molecule has 0 aromatic heterocycles. The fourth-order valence-electron chi connectivity index (χ4n) is 2.30. The quantitative estimate of drug-likeness (QED) is 0.882. The third kappa shape index (κ3) is 3.78. The molecule has 1 saturated heterocycles. The molecular formula is C15H22N2O2. The van der Waals surface area contributed by atoms with Gasteiger partial charge in [-0.2, -0.15) is 0 Å². The van der Waals surface area contributed by atoms with Crippen LogP contribution in [0, 0.1) is 0 Å². The minimum atomic E-state index is -0.213. The van der Waals surface area contributed by atoms with Crippen LogP contribution in [0.1, 0.15) is 12.5 Å². The monoisotopic (exact) mass is 262 g/mol. The zero-order chi connectivity index (χ0) is 13.7. The van der Waals surface area contributed by atoms with Crippen molar-refractivity contribution >= 4 is 5.91 Å². The van der Waals surface area contributed by atoms with Gasteiger partial charge < -0.3 is 15.0 Å². The van der Waals surface area contributed by atoms with Crippen LogP contribution < -0.4 is 5.32 Å². The molecule has 104 valence electrons. The smallest absolute Gasteiger partial charge is 0.242 e. The van der Waals surface area contributed by atoms with Crippen molar-refractivity contribution in [2.75, 3.05) is 26.7 Å². The molecule has 0 radical (unpaired) electrons. The average molecular weight is 262 g/mol. The van der Waals surface area contributed by atoms with Gasteiger partial charge in [-0.3, -0.25) is 4.79 Å². The third-order valence-corrected chi connectivity index (χ3v) is 3.54. The SMILES string of the molecule is C[C@H]1OCCN[C@@H]1C(=O)N(C)CCc1ccccc1. The Kier molecular flexibility index (Phi) is 4.93. The zero-order valence-corrected chi connectivity index (χ0v) is 11.6. The van der Waals surface area contributed by atoms with E-state index in [0.717, 1.165) is 19.5 Å². The first-order chi connectivity index (χ1) is 9.18. The van der Waals surface area contributed by atoms with Crippen LogP contribution in [0.15, 0.2) is 30.3 Å². The number of amides is 1. The molecule has 4 nitrogen and oxygen atoms in total. The molecular weight excluding hydrogens is 240 g/mol. The number of nitrogens with one attached hydrogen (secondary N) is 1.